The van der Waals surface area contributed by atoms with Crippen LogP contribution in [0.3, 0.4) is 0 Å². The van der Waals surface area contributed by atoms with Gasteiger partial charge in [-0.05, 0) is 6.07 Å². The summed E-state index contributed by atoms with van der Waals surface area (Å²) in [5, 5.41) is 3.24. The quantitative estimate of drug-likeness (QED) is 0.375. The van der Waals surface area contributed by atoms with Crippen LogP contribution in [0.4, 0.5) is 8.78 Å². The van der Waals surface area contributed by atoms with E-state index in [0.717, 1.165) is 12.3 Å². The average molecular weight is 176 g/mol. The lowest BCUT2D eigenvalue weighted by molar-refractivity contribution is 0.0510. The molecule has 0 spiro atoms. The molecule has 1 aromatic heterocycles. The topological polar surface area (TPSA) is 72.9 Å². The van der Waals surface area contributed by atoms with Crippen molar-refractivity contribution in [2.45, 2.75) is 6.55 Å². The van der Waals surface area contributed by atoms with E-state index in [2.05, 4.69) is 5.10 Å². The predicted octanol–water partition coefficient (Wildman–Crippen LogP) is -0.118. The number of hydrogen-bond donors (Lipinski definition) is 2. The highest BCUT2D eigenvalue weighted by Gasteiger charge is 2.16. The van der Waals surface area contributed by atoms with Crippen LogP contribution >= 0.6 is 0 Å². The van der Waals surface area contributed by atoms with Gasteiger partial charge in [-0.15, -0.1) is 0 Å². The number of carbonyl (C=O) groups is 1. The van der Waals surface area contributed by atoms with Gasteiger partial charge >= 0.3 is 6.55 Å². The third-order valence-electron chi connectivity index (χ3n) is 1.22. The maximum absolute atomic E-state index is 12.0. The number of rotatable bonds is 2. The Morgan fingerprint density at radius 1 is 1.75 bits per heavy atom. The molecule has 0 unspecified atom stereocenters. The molecule has 0 aliphatic heterocycles. The van der Waals surface area contributed by atoms with Gasteiger partial charge in [-0.1, -0.05) is 0 Å². The number of nitrogens with one attached hydrogen (secondary N) is 1. The van der Waals surface area contributed by atoms with Gasteiger partial charge < -0.3 is 0 Å². The molecule has 7 heteroatoms. The smallest absolute Gasteiger partial charge is 0.289 e. The molecule has 1 rings (SSSR count). The Kier molecular flexibility index (Phi) is 2.34. The molecule has 66 valence electrons. The van der Waals surface area contributed by atoms with E-state index in [1.807, 2.05) is 0 Å². The molecular formula is C5H6F2N4O. The molecule has 1 amide bonds. The van der Waals surface area contributed by atoms with Crippen LogP contribution in [0.2, 0.25) is 0 Å². The number of nitrogens with two attached hydrogens (primary N) is 1. The first-order valence-corrected chi connectivity index (χ1v) is 2.99. The first-order valence-electron chi connectivity index (χ1n) is 2.99. The van der Waals surface area contributed by atoms with Gasteiger partial charge in [0.1, 0.15) is 5.69 Å². The molecule has 1 aromatic rings. The molecule has 1 heterocycles. The van der Waals surface area contributed by atoms with Crippen LogP contribution in [0.5, 0.6) is 0 Å². The summed E-state index contributed by atoms with van der Waals surface area (Å²) in [6.07, 6.45) is 1.09. The second kappa shape index (κ2) is 3.26. The Morgan fingerprint density at radius 2 is 2.42 bits per heavy atom. The van der Waals surface area contributed by atoms with Crippen LogP contribution in [-0.2, 0) is 0 Å². The molecule has 0 atom stereocenters. The minimum absolute atomic E-state index is 0.271. The lowest BCUT2D eigenvalue weighted by Gasteiger charge is -2.03. The summed E-state index contributed by atoms with van der Waals surface area (Å²) in [5.74, 6) is 3.95. The Labute approximate surface area is 66.1 Å². The standard InChI is InChI=1S/C5H6F2N4O/c6-5(7)11-3(1-2-9-11)4(12)10-8/h1-2,5H,8H2,(H,10,12). The van der Waals surface area contributed by atoms with E-state index < -0.39 is 12.5 Å². The SMILES string of the molecule is NNC(=O)c1ccnn1C(F)F. The lowest BCUT2D eigenvalue weighted by Crippen LogP contribution is -2.32. The van der Waals surface area contributed by atoms with Gasteiger partial charge in [0, 0.05) is 6.20 Å². The molecule has 0 fully saturated rings. The number of hydrogen-bond acceptors (Lipinski definition) is 3. The number of hydrazine groups is 1. The molecule has 0 saturated heterocycles. The zero-order valence-corrected chi connectivity index (χ0v) is 5.87. The Bertz CT molecular complexity index is 285. The zero-order chi connectivity index (χ0) is 9.14. The van der Waals surface area contributed by atoms with Gasteiger partial charge in [0.05, 0.1) is 0 Å². The second-order valence-electron chi connectivity index (χ2n) is 1.91. The van der Waals surface area contributed by atoms with Crippen LogP contribution in [-0.4, -0.2) is 15.7 Å². The number of halogens is 2. The minimum atomic E-state index is -2.84. The zero-order valence-electron chi connectivity index (χ0n) is 5.87. The van der Waals surface area contributed by atoms with Crippen LogP contribution in [0.1, 0.15) is 17.0 Å². The Hall–Kier alpha value is -1.50. The molecule has 0 bridgehead atoms. The third-order valence-corrected chi connectivity index (χ3v) is 1.22. The normalized spacial score (nSPS) is 10.3. The Balaban J connectivity index is 2.99. The van der Waals surface area contributed by atoms with Crippen molar-refractivity contribution in [1.29, 1.82) is 0 Å². The largest absolute Gasteiger partial charge is 0.333 e. The van der Waals surface area contributed by atoms with Crippen molar-refractivity contribution >= 4 is 5.91 Å². The highest BCUT2D eigenvalue weighted by atomic mass is 19.3. The maximum atomic E-state index is 12.0. The Morgan fingerprint density at radius 3 is 2.92 bits per heavy atom. The second-order valence-corrected chi connectivity index (χ2v) is 1.91. The summed E-state index contributed by atoms with van der Waals surface area (Å²) in [7, 11) is 0. The van der Waals surface area contributed by atoms with E-state index in [-0.39, 0.29) is 10.4 Å². The number of nitrogens with zero attached hydrogens (tertiary/aromatic N) is 2. The van der Waals surface area contributed by atoms with E-state index >= 15 is 0 Å². The third kappa shape index (κ3) is 1.40. The predicted molar refractivity (Wildman–Crippen MR) is 35.1 cm³/mol. The van der Waals surface area contributed by atoms with Gasteiger partial charge in [-0.25, -0.2) is 5.84 Å². The van der Waals surface area contributed by atoms with Crippen molar-refractivity contribution < 1.29 is 13.6 Å². The van der Waals surface area contributed by atoms with Crippen LogP contribution in [0.15, 0.2) is 12.3 Å². The van der Waals surface area contributed by atoms with Gasteiger partial charge in [-0.2, -0.15) is 18.6 Å². The molecule has 0 saturated carbocycles. The van der Waals surface area contributed by atoms with Gasteiger partial charge in [0.25, 0.3) is 5.91 Å². The maximum Gasteiger partial charge on any atom is 0.333 e. The number of aromatic nitrogens is 2. The fraction of sp³-hybridized carbons (Fsp3) is 0.200. The van der Waals surface area contributed by atoms with Crippen molar-refractivity contribution in [3.8, 4) is 0 Å². The lowest BCUT2D eigenvalue weighted by atomic mass is 10.4. The summed E-state index contributed by atoms with van der Waals surface area (Å²) in [6.45, 7) is -2.84. The number of nitrogen functional groups attached to an aromatic ring is 1. The first kappa shape index (κ1) is 8.60. The van der Waals surface area contributed by atoms with E-state index in [9.17, 15) is 13.6 Å². The highest BCUT2D eigenvalue weighted by Crippen LogP contribution is 2.11. The number of alkyl halides is 2. The molecule has 0 aliphatic carbocycles. The van der Waals surface area contributed by atoms with Gasteiger partial charge in [0.15, 0.2) is 0 Å². The molecule has 0 radical (unpaired) electrons. The summed E-state index contributed by atoms with van der Waals surface area (Å²) < 4.78 is 24.4. The van der Waals surface area contributed by atoms with Crippen molar-refractivity contribution in [3.05, 3.63) is 18.0 Å². The summed E-state index contributed by atoms with van der Waals surface area (Å²) in [5.41, 5.74) is 1.46. The molecular weight excluding hydrogens is 170 g/mol. The molecule has 5 nitrogen and oxygen atoms in total. The van der Waals surface area contributed by atoms with E-state index in [1.54, 1.807) is 5.43 Å². The van der Waals surface area contributed by atoms with E-state index in [0.29, 0.717) is 0 Å². The number of amides is 1. The summed E-state index contributed by atoms with van der Waals surface area (Å²) >= 11 is 0. The van der Waals surface area contributed by atoms with Crippen molar-refractivity contribution in [3.63, 3.8) is 0 Å². The highest BCUT2D eigenvalue weighted by molar-refractivity contribution is 5.91. The van der Waals surface area contributed by atoms with Crippen LogP contribution < -0.4 is 11.3 Å². The first-order chi connectivity index (χ1) is 5.66. The molecule has 0 aliphatic rings. The van der Waals surface area contributed by atoms with Crippen molar-refractivity contribution in [1.82, 2.24) is 15.2 Å². The summed E-state index contributed by atoms with van der Waals surface area (Å²) in [4.78, 5) is 10.8. The monoisotopic (exact) mass is 176 g/mol. The van der Waals surface area contributed by atoms with Crippen LogP contribution in [0.25, 0.3) is 0 Å². The molecule has 3 N–H and O–H groups in total. The average Bonchev–Trinajstić information content (AvgIpc) is 2.50. The summed E-state index contributed by atoms with van der Waals surface area (Å²) in [6, 6.07) is 1.15. The van der Waals surface area contributed by atoms with Crippen molar-refractivity contribution in [2.75, 3.05) is 0 Å². The van der Waals surface area contributed by atoms with Crippen LogP contribution in [0, 0.1) is 0 Å². The number of carbonyl (C=O) groups excluding carboxylic acids is 1. The van der Waals surface area contributed by atoms with Crippen molar-refractivity contribution in [2.24, 2.45) is 5.84 Å². The van der Waals surface area contributed by atoms with Gasteiger partial charge in [0.2, 0.25) is 0 Å². The molecule has 0 aromatic carbocycles. The van der Waals surface area contributed by atoms with Gasteiger partial charge in [-0.3, -0.25) is 10.2 Å². The van der Waals surface area contributed by atoms with E-state index in [4.69, 9.17) is 5.84 Å². The fourth-order valence-electron chi connectivity index (χ4n) is 0.724. The molecule has 12 heavy (non-hydrogen) atoms. The fourth-order valence-corrected chi connectivity index (χ4v) is 0.724. The van der Waals surface area contributed by atoms with E-state index in [1.165, 1.54) is 0 Å². The minimum Gasteiger partial charge on any atom is -0.289 e.